The van der Waals surface area contributed by atoms with Gasteiger partial charge in [-0.25, -0.2) is 18.1 Å². The van der Waals surface area contributed by atoms with Crippen molar-refractivity contribution in [2.45, 2.75) is 127 Å². The van der Waals surface area contributed by atoms with Crippen molar-refractivity contribution in [3.63, 3.8) is 0 Å². The lowest BCUT2D eigenvalue weighted by Gasteiger charge is -2.63. The first-order chi connectivity index (χ1) is 60.0. The van der Waals surface area contributed by atoms with E-state index in [1.165, 1.54) is 115 Å². The smallest absolute Gasteiger partial charge is 0.323 e. The van der Waals surface area contributed by atoms with Crippen LogP contribution in [-0.4, -0.2) is 361 Å². The van der Waals surface area contributed by atoms with Crippen LogP contribution in [0.5, 0.6) is 5.75 Å². The number of benzene rings is 2. The molecule has 6 N–H and O–H groups in total. The van der Waals surface area contributed by atoms with Gasteiger partial charge in [0.2, 0.25) is 76.8 Å². The van der Waals surface area contributed by atoms with Gasteiger partial charge in [0.1, 0.15) is 43.0 Å². The minimum absolute atomic E-state index is 0.0122. The molecule has 694 valence electrons. The van der Waals surface area contributed by atoms with Gasteiger partial charge in [-0.3, -0.25) is 86.3 Å². The lowest BCUT2D eigenvalue weighted by Crippen LogP contribution is -2.70. The van der Waals surface area contributed by atoms with Gasteiger partial charge in [-0.05, 0) is 129 Å². The number of nitrogens with one attached hydrogen (secondary N) is 3. The summed E-state index contributed by atoms with van der Waals surface area (Å²) in [6, 6.07) is 8.40. The summed E-state index contributed by atoms with van der Waals surface area (Å²) in [4.78, 5) is 245. The van der Waals surface area contributed by atoms with E-state index in [1.54, 1.807) is 25.1 Å². The second-order valence-electron chi connectivity index (χ2n) is 33.8. The van der Waals surface area contributed by atoms with Crippen LogP contribution in [0.4, 0.5) is 24.5 Å². The van der Waals surface area contributed by atoms with Crippen LogP contribution < -0.4 is 25.6 Å². The summed E-state index contributed by atoms with van der Waals surface area (Å²) >= 11 is 1.28. The van der Waals surface area contributed by atoms with Gasteiger partial charge in [0, 0.05) is 124 Å². The van der Waals surface area contributed by atoms with Crippen molar-refractivity contribution in [3.05, 3.63) is 111 Å². The minimum atomic E-state index is -2.42. The Morgan fingerprint density at radius 2 is 1.09 bits per heavy atom. The number of hydrogen-bond donors (Lipinski definition) is 6. The highest BCUT2D eigenvalue weighted by molar-refractivity contribution is 7.10. The van der Waals surface area contributed by atoms with Crippen molar-refractivity contribution in [3.8, 4) is 5.75 Å². The van der Waals surface area contributed by atoms with Crippen LogP contribution in [0.3, 0.4) is 0 Å². The number of likely N-dealkylation sites (N-methyl/N-ethyl adjacent to an activating group) is 10. The molecule has 9 rings (SSSR count). The molecular weight excluding hydrogens is 1700 g/mol. The number of carboxylic acid groups (broad SMARTS) is 1. The van der Waals surface area contributed by atoms with E-state index >= 15 is 13.2 Å². The summed E-state index contributed by atoms with van der Waals surface area (Å²) in [5.74, 6) is -15.9. The Hall–Kier alpha value is -12.2. The van der Waals surface area contributed by atoms with Crippen LogP contribution in [0, 0.1) is 28.5 Å². The van der Waals surface area contributed by atoms with Crippen LogP contribution in [0.1, 0.15) is 94.1 Å². The van der Waals surface area contributed by atoms with Crippen molar-refractivity contribution >= 4 is 129 Å². The third-order valence-corrected chi connectivity index (χ3v) is 25.5. The molecule has 4 aliphatic carbocycles. The number of ether oxygens (including phenoxy) is 3. The van der Waals surface area contributed by atoms with Crippen molar-refractivity contribution in [1.29, 1.82) is 0 Å². The number of fused-ring (bicyclic) bond motifs is 7. The van der Waals surface area contributed by atoms with Gasteiger partial charge in [0.05, 0.1) is 88.3 Å². The molecule has 2 aromatic carbocycles. The second kappa shape index (κ2) is 41.3. The number of carbonyl (C=O) groups is 18. The highest BCUT2D eigenvalue weighted by Gasteiger charge is 2.80. The summed E-state index contributed by atoms with van der Waals surface area (Å²) in [6.07, 6.45) is -1.12. The summed E-state index contributed by atoms with van der Waals surface area (Å²) in [5.41, 5.74) is -5.76. The molecule has 3 aromatic rings. The normalized spacial score (nSPS) is 22.7. The standard InChI is InChI=1S/C86H109F3N14O24S/c1-48(80(123)91-49(2)81(124)92-53-18-15-17-50(28-53)27-51-29-62(128-47-51)82-126-65-33-55-56-32-58(87)57-31-54(105)24-25-83(57,3)85(56,89)63(106)35-84(55,4)86(65,127-82)64(107)46-104)90-66(108)21-20-52-30-59(88)60(103-68(110)22-23-69(103)111)34-61(52)125-26-16-19-67(109)93(5)36-70(112)94(6)37-71(113)95(7)38-72(114)96(8)39-73(115)97(9)40-74(116)98(10)41-75(117)99(11)42-76(118)100(12)43-77(119)101(13)44-78(120)102(14)45-79(121)122/h15,17-18,22-25,28-31,34,47-49,55-56,58,63,65,82,104,106H,16,19-21,26-27,32-33,35-46H2,1-14H3,(H,90,108)(H,91,123)(H,92,124)(H,121,122)/t48-,49-,55-,56-,58-,63-,65+,82+,83-,84-,85-,86+/m0/s1. The van der Waals surface area contributed by atoms with E-state index in [-0.39, 0.29) is 68.4 Å². The number of aliphatic hydroxyl groups is 2. The molecule has 0 radical (unpaired) electrons. The van der Waals surface area contributed by atoms with Gasteiger partial charge in [-0.2, -0.15) is 0 Å². The zero-order chi connectivity index (χ0) is 94.8. The summed E-state index contributed by atoms with van der Waals surface area (Å²) in [7, 11) is 12.8. The summed E-state index contributed by atoms with van der Waals surface area (Å²) < 4.78 is 69.2. The number of carbonyl (C=O) groups excluding carboxylic acids is 17. The number of ketones is 2. The Labute approximate surface area is 740 Å². The van der Waals surface area contributed by atoms with E-state index in [0.29, 0.717) is 21.9 Å². The highest BCUT2D eigenvalue weighted by Crippen LogP contribution is 2.73. The Morgan fingerprint density at radius 3 is 1.59 bits per heavy atom. The Bertz CT molecular complexity index is 4990. The summed E-state index contributed by atoms with van der Waals surface area (Å²) in [6.45, 7) is -0.411. The Kier molecular flexibility index (Phi) is 32.1. The minimum Gasteiger partial charge on any atom is -0.493 e. The number of allylic oxidation sites excluding steroid dienone is 4. The number of Topliss-reactive ketones (excluding diaryl/α,β-unsaturated/α-hetero) is 1. The number of carboxylic acids is 1. The third kappa shape index (κ3) is 22.1. The Balaban J connectivity index is 0.681. The van der Waals surface area contributed by atoms with Crippen LogP contribution in [0.2, 0.25) is 0 Å². The Morgan fingerprint density at radius 1 is 0.609 bits per heavy atom. The molecule has 6 aliphatic rings. The van der Waals surface area contributed by atoms with Crippen molar-refractivity contribution in [2.75, 3.05) is 159 Å². The van der Waals surface area contributed by atoms with Crippen LogP contribution in [0.15, 0.2) is 83.8 Å². The molecule has 15 amide bonds. The number of halogens is 3. The van der Waals surface area contributed by atoms with Gasteiger partial charge in [0.25, 0.3) is 11.8 Å². The molecule has 0 unspecified atom stereocenters. The molecule has 128 heavy (non-hydrogen) atoms. The second-order valence-corrected chi connectivity index (χ2v) is 34.8. The van der Waals surface area contributed by atoms with Crippen molar-refractivity contribution in [2.24, 2.45) is 22.7 Å². The molecule has 4 fully saturated rings. The third-order valence-electron chi connectivity index (χ3n) is 24.5. The quantitative estimate of drug-likeness (QED) is 0.0322. The van der Waals surface area contributed by atoms with Crippen LogP contribution in [-0.2, 0) is 109 Å². The number of rotatable bonds is 39. The molecule has 42 heteroatoms. The zero-order valence-electron chi connectivity index (χ0n) is 73.6. The van der Waals surface area contributed by atoms with Crippen LogP contribution >= 0.6 is 11.3 Å². The number of imide groups is 1. The van der Waals surface area contributed by atoms with E-state index in [4.69, 9.17) is 19.3 Å². The predicted octanol–water partition coefficient (Wildman–Crippen LogP) is -0.0414. The topological polar surface area (TPSA) is 467 Å². The zero-order valence-corrected chi connectivity index (χ0v) is 74.5. The maximum Gasteiger partial charge on any atom is 0.323 e. The first-order valence-electron chi connectivity index (χ1n) is 41.1. The summed E-state index contributed by atoms with van der Waals surface area (Å²) in [5, 5.41) is 41.1. The maximum absolute atomic E-state index is 18.0. The molecule has 0 bridgehead atoms. The molecule has 0 spiro atoms. The average molecular weight is 1810 g/mol. The number of alkyl halides is 2. The first kappa shape index (κ1) is 99.6. The fourth-order valence-corrected chi connectivity index (χ4v) is 17.8. The number of aryl methyl sites for hydroxylation is 1. The largest absolute Gasteiger partial charge is 0.493 e. The van der Waals surface area contributed by atoms with Gasteiger partial charge in [0.15, 0.2) is 29.1 Å². The van der Waals surface area contributed by atoms with Gasteiger partial charge < -0.3 is 94.5 Å². The van der Waals surface area contributed by atoms with Crippen molar-refractivity contribution in [1.82, 2.24) is 59.6 Å². The predicted molar refractivity (Wildman–Crippen MR) is 450 cm³/mol. The van der Waals surface area contributed by atoms with Gasteiger partial charge in [-0.1, -0.05) is 25.1 Å². The number of nitrogens with zero attached hydrogens (tertiary/aromatic N) is 11. The molecular formula is C86H109F3N14O24S. The molecule has 3 heterocycles. The SMILES string of the molecule is C[C@H](NC(=O)CCc1cc(F)c(N2C(=O)C=CC2=O)cc1OCCCC(=O)N(C)CC(=O)N(C)CC(=O)N(C)CC(=O)N(C)CC(=O)N(C)CC(=O)N(C)CC(=O)N(C)CC(=O)N(C)CC(=O)N(C)CC(=O)N(C)CC(=O)O)C(=O)N[C@@H](C)C(=O)Nc1cccc(Cc2csc([C@@H]3O[C@@H]4C[C@H]5[C@@H]6C[C@H](F)C7=CC(=O)C=C[C@]7(C)[C@@]6(F)[C@@H](O)C[C@]5(C)[C@]4(C(=O)CO)O3)c2)c1. The van der Waals surface area contributed by atoms with E-state index < -0.39 is 260 Å². The molecule has 1 saturated heterocycles. The molecule has 3 saturated carbocycles. The van der Waals surface area contributed by atoms with Crippen LogP contribution in [0.25, 0.3) is 0 Å². The lowest BCUT2D eigenvalue weighted by molar-refractivity contribution is -0.234. The number of anilines is 2. The fraction of sp³-hybridized carbons (Fsp3) is 0.535. The van der Waals surface area contributed by atoms with E-state index in [0.717, 1.165) is 90.5 Å². The number of aliphatic hydroxyl groups excluding tert-OH is 2. The lowest BCUT2D eigenvalue weighted by atomic mass is 9.44. The van der Waals surface area contributed by atoms with E-state index in [2.05, 4.69) is 16.0 Å². The number of amides is 15. The van der Waals surface area contributed by atoms with E-state index in [9.17, 15) is 96.5 Å². The molecule has 2 aliphatic heterocycles. The van der Waals surface area contributed by atoms with E-state index in [1.807, 2.05) is 17.5 Å². The number of thiophene rings is 1. The van der Waals surface area contributed by atoms with Crippen molar-refractivity contribution < 1.29 is 129 Å². The number of aliphatic carboxylic acids is 1. The molecule has 38 nitrogen and oxygen atoms in total. The number of hydrogen-bond acceptors (Lipinski definition) is 24. The molecule has 12 atom stereocenters. The molecule has 1 aromatic heterocycles. The average Bonchev–Trinajstić information content (AvgIpc) is 1.48. The monoisotopic (exact) mass is 1810 g/mol. The van der Waals surface area contributed by atoms with Gasteiger partial charge in [-0.15, -0.1) is 11.3 Å². The highest BCUT2D eigenvalue weighted by atomic mass is 32.1. The fourth-order valence-electron chi connectivity index (χ4n) is 16.9. The maximum atomic E-state index is 18.0. The first-order valence-corrected chi connectivity index (χ1v) is 42.0. The van der Waals surface area contributed by atoms with Gasteiger partial charge >= 0.3 is 5.97 Å².